The van der Waals surface area contributed by atoms with Crippen LogP contribution in [0.25, 0.3) is 111 Å². The van der Waals surface area contributed by atoms with Crippen LogP contribution in [-0.2, 0) is 0 Å². The van der Waals surface area contributed by atoms with Crippen molar-refractivity contribution in [1.82, 2.24) is 0 Å². The summed E-state index contributed by atoms with van der Waals surface area (Å²) in [6, 6.07) is 71.6. The predicted molar refractivity (Wildman–Crippen MR) is 248 cm³/mol. The monoisotopic (exact) mass is 724 g/mol. The molecule has 0 radical (unpaired) electrons. The molecule has 0 saturated carbocycles. The van der Waals surface area contributed by atoms with Gasteiger partial charge in [-0.15, -0.1) is 0 Å². The van der Waals surface area contributed by atoms with Crippen LogP contribution in [0.2, 0.25) is 0 Å². The van der Waals surface area contributed by atoms with Crippen molar-refractivity contribution in [2.75, 3.05) is 0 Å². The van der Waals surface area contributed by atoms with Gasteiger partial charge in [0, 0.05) is 0 Å². The molecule has 0 heteroatoms. The van der Waals surface area contributed by atoms with E-state index in [2.05, 4.69) is 220 Å². The average molecular weight is 725 g/mol. The highest BCUT2D eigenvalue weighted by Crippen LogP contribution is 2.46. The second kappa shape index (κ2) is 14.4. The van der Waals surface area contributed by atoms with Crippen LogP contribution in [-0.4, -0.2) is 0 Å². The highest BCUT2D eigenvalue weighted by molar-refractivity contribution is 6.22. The molecular formula is C57H40. The molecule has 0 atom stereocenters. The standard InChI is InChI=1S/C57H40/c1-3-12-45-35-47(31-21-38(45)4-2)40-24-29-44(30-25-40)57-53-19-10-9-18-52(53)56(43-27-22-41(23-28-43)48-32-26-39-13-5-6-15-46(39)36-48)54-34-33-49(37-55(54)57)51-20-11-16-42-14-7-8-17-50(42)51/h3-37H,2H2,1H3/b12-3-. The number of hydrogen-bond donors (Lipinski definition) is 0. The average Bonchev–Trinajstić information content (AvgIpc) is 3.28. The Bertz CT molecular complexity index is 3170. The topological polar surface area (TPSA) is 0 Å². The first-order chi connectivity index (χ1) is 28.2. The Morgan fingerprint density at radius 3 is 1.53 bits per heavy atom. The molecule has 268 valence electrons. The number of rotatable bonds is 7. The van der Waals surface area contributed by atoms with Crippen LogP contribution in [0.4, 0.5) is 0 Å². The number of benzene rings is 10. The third-order valence-electron chi connectivity index (χ3n) is 11.5. The van der Waals surface area contributed by atoms with Crippen molar-refractivity contribution in [2.24, 2.45) is 0 Å². The molecule has 57 heavy (non-hydrogen) atoms. The number of hydrogen-bond acceptors (Lipinski definition) is 0. The molecule has 0 amide bonds. The Morgan fingerprint density at radius 1 is 0.333 bits per heavy atom. The molecule has 10 rings (SSSR count). The summed E-state index contributed by atoms with van der Waals surface area (Å²) in [5.41, 5.74) is 14.5. The maximum atomic E-state index is 4.03. The van der Waals surface area contributed by atoms with E-state index in [1.165, 1.54) is 104 Å². The van der Waals surface area contributed by atoms with E-state index in [1.807, 2.05) is 6.08 Å². The second-order valence-electron chi connectivity index (χ2n) is 14.8. The summed E-state index contributed by atoms with van der Waals surface area (Å²) >= 11 is 0. The van der Waals surface area contributed by atoms with Crippen molar-refractivity contribution in [3.63, 3.8) is 0 Å². The van der Waals surface area contributed by atoms with Gasteiger partial charge < -0.3 is 0 Å². The van der Waals surface area contributed by atoms with E-state index in [9.17, 15) is 0 Å². The van der Waals surface area contributed by atoms with Gasteiger partial charge in [-0.1, -0.05) is 201 Å². The molecule has 0 aliphatic carbocycles. The van der Waals surface area contributed by atoms with Gasteiger partial charge in [-0.2, -0.15) is 0 Å². The molecule has 0 spiro atoms. The minimum atomic E-state index is 1.14. The Labute approximate surface area is 334 Å². The molecule has 0 saturated heterocycles. The lowest BCUT2D eigenvalue weighted by molar-refractivity contribution is 1.56. The molecule has 0 aromatic heterocycles. The molecule has 0 N–H and O–H groups in total. The van der Waals surface area contributed by atoms with Crippen molar-refractivity contribution in [1.29, 1.82) is 0 Å². The first-order valence-corrected chi connectivity index (χ1v) is 19.7. The zero-order valence-corrected chi connectivity index (χ0v) is 31.9. The van der Waals surface area contributed by atoms with E-state index >= 15 is 0 Å². The molecule has 0 fully saturated rings. The number of fused-ring (bicyclic) bond motifs is 4. The highest BCUT2D eigenvalue weighted by Gasteiger charge is 2.18. The highest BCUT2D eigenvalue weighted by atomic mass is 14.2. The maximum absolute atomic E-state index is 4.03. The van der Waals surface area contributed by atoms with Crippen LogP contribution in [0, 0.1) is 0 Å². The van der Waals surface area contributed by atoms with Crippen molar-refractivity contribution < 1.29 is 0 Å². The second-order valence-corrected chi connectivity index (χ2v) is 14.8. The Kier molecular flexibility index (Phi) is 8.66. The molecule has 0 aliphatic heterocycles. The van der Waals surface area contributed by atoms with Gasteiger partial charge in [-0.3, -0.25) is 0 Å². The van der Waals surface area contributed by atoms with E-state index in [4.69, 9.17) is 0 Å². The van der Waals surface area contributed by atoms with Crippen LogP contribution in [0.3, 0.4) is 0 Å². The van der Waals surface area contributed by atoms with E-state index in [-0.39, 0.29) is 0 Å². The first-order valence-electron chi connectivity index (χ1n) is 19.7. The van der Waals surface area contributed by atoms with E-state index in [1.54, 1.807) is 0 Å². The van der Waals surface area contributed by atoms with E-state index < -0.39 is 0 Å². The summed E-state index contributed by atoms with van der Waals surface area (Å²) in [5, 5.41) is 9.99. The summed E-state index contributed by atoms with van der Waals surface area (Å²) in [5.74, 6) is 0. The molecule has 10 aromatic rings. The largest absolute Gasteiger partial charge is 0.0984 e. The van der Waals surface area contributed by atoms with Crippen LogP contribution in [0.15, 0.2) is 207 Å². The fourth-order valence-corrected chi connectivity index (χ4v) is 8.74. The molecule has 0 bridgehead atoms. The Balaban J connectivity index is 1.17. The van der Waals surface area contributed by atoms with Gasteiger partial charge in [0.05, 0.1) is 0 Å². The van der Waals surface area contributed by atoms with Gasteiger partial charge >= 0.3 is 0 Å². The van der Waals surface area contributed by atoms with Gasteiger partial charge in [0.2, 0.25) is 0 Å². The third-order valence-corrected chi connectivity index (χ3v) is 11.5. The lowest BCUT2D eigenvalue weighted by Gasteiger charge is -2.19. The van der Waals surface area contributed by atoms with Crippen LogP contribution in [0.1, 0.15) is 18.1 Å². The summed E-state index contributed by atoms with van der Waals surface area (Å²) in [6.45, 7) is 6.09. The maximum Gasteiger partial charge on any atom is -0.00261 e. The normalized spacial score (nSPS) is 11.6. The molecular weight excluding hydrogens is 685 g/mol. The number of allylic oxidation sites excluding steroid dienone is 1. The zero-order valence-electron chi connectivity index (χ0n) is 31.9. The van der Waals surface area contributed by atoms with Gasteiger partial charge in [-0.25, -0.2) is 0 Å². The van der Waals surface area contributed by atoms with Gasteiger partial charge in [0.25, 0.3) is 0 Å². The van der Waals surface area contributed by atoms with Gasteiger partial charge in [-0.05, 0) is 135 Å². The van der Waals surface area contributed by atoms with Crippen LogP contribution >= 0.6 is 0 Å². The lowest BCUT2D eigenvalue weighted by atomic mass is 9.84. The molecule has 10 aromatic carbocycles. The van der Waals surface area contributed by atoms with Crippen molar-refractivity contribution in [3.8, 4) is 55.6 Å². The smallest absolute Gasteiger partial charge is 0.00261 e. The fraction of sp³-hybridized carbons (Fsp3) is 0.0175. The SMILES string of the molecule is C=Cc1ccc(-c2ccc(-c3c4ccccc4c(-c4ccc(-c5ccc6ccccc6c5)cc4)c4ccc(-c5cccc6ccccc56)cc34)cc2)cc1/C=C\C. The fourth-order valence-electron chi connectivity index (χ4n) is 8.74. The summed E-state index contributed by atoms with van der Waals surface area (Å²) in [7, 11) is 0. The quantitative estimate of drug-likeness (QED) is 0.144. The third kappa shape index (κ3) is 6.13. The Morgan fingerprint density at radius 2 is 0.842 bits per heavy atom. The molecule has 0 nitrogen and oxygen atoms in total. The first kappa shape index (κ1) is 34.2. The van der Waals surface area contributed by atoms with E-state index in [0.29, 0.717) is 0 Å². The minimum Gasteiger partial charge on any atom is -0.0984 e. The van der Waals surface area contributed by atoms with Crippen molar-refractivity contribution >= 4 is 55.2 Å². The van der Waals surface area contributed by atoms with Crippen molar-refractivity contribution in [3.05, 3.63) is 218 Å². The molecule has 0 unspecified atom stereocenters. The molecule has 0 aliphatic rings. The van der Waals surface area contributed by atoms with Crippen LogP contribution in [0.5, 0.6) is 0 Å². The summed E-state index contributed by atoms with van der Waals surface area (Å²) < 4.78 is 0. The zero-order chi connectivity index (χ0) is 38.3. The van der Waals surface area contributed by atoms with Gasteiger partial charge in [0.15, 0.2) is 0 Å². The van der Waals surface area contributed by atoms with E-state index in [0.717, 1.165) is 5.56 Å². The predicted octanol–water partition coefficient (Wildman–Crippen LogP) is 16.3. The lowest BCUT2D eigenvalue weighted by Crippen LogP contribution is -1.92. The van der Waals surface area contributed by atoms with Gasteiger partial charge in [0.1, 0.15) is 0 Å². The van der Waals surface area contributed by atoms with Crippen molar-refractivity contribution in [2.45, 2.75) is 6.92 Å². The molecule has 0 heterocycles. The Hall–Kier alpha value is -7.28. The summed E-state index contributed by atoms with van der Waals surface area (Å²) in [4.78, 5) is 0. The van der Waals surface area contributed by atoms with Crippen LogP contribution < -0.4 is 0 Å². The minimum absolute atomic E-state index is 1.14. The summed E-state index contributed by atoms with van der Waals surface area (Å²) in [6.07, 6.45) is 6.16.